The van der Waals surface area contributed by atoms with Crippen molar-refractivity contribution in [3.05, 3.63) is 94.6 Å². The van der Waals surface area contributed by atoms with E-state index < -0.39 is 17.7 Å². The Morgan fingerprint density at radius 1 is 1.05 bits per heavy atom. The Labute approximate surface area is 215 Å². The molecule has 0 bridgehead atoms. The molecule has 0 saturated carbocycles. The summed E-state index contributed by atoms with van der Waals surface area (Å²) in [5.74, 6) is 0.197. The number of fused-ring (bicyclic) bond motifs is 1. The van der Waals surface area contributed by atoms with E-state index in [2.05, 4.69) is 0 Å². The second kappa shape index (κ2) is 10.0. The van der Waals surface area contributed by atoms with Crippen LogP contribution in [0.1, 0.15) is 42.1 Å². The number of likely N-dealkylation sites (tertiary alicyclic amines) is 1. The molecular formula is C30H29NO6. The molecule has 37 heavy (non-hydrogen) atoms. The van der Waals surface area contributed by atoms with E-state index >= 15 is 0 Å². The molecular weight excluding hydrogens is 470 g/mol. The second-order valence-electron chi connectivity index (χ2n) is 9.21. The van der Waals surface area contributed by atoms with Gasteiger partial charge in [-0.3, -0.25) is 9.59 Å². The van der Waals surface area contributed by atoms with Crippen molar-refractivity contribution in [2.24, 2.45) is 0 Å². The van der Waals surface area contributed by atoms with Gasteiger partial charge in [-0.05, 0) is 60.9 Å². The molecule has 0 radical (unpaired) electrons. The van der Waals surface area contributed by atoms with Crippen LogP contribution in [0.4, 0.5) is 0 Å². The topological polar surface area (TPSA) is 85.3 Å². The van der Waals surface area contributed by atoms with Crippen molar-refractivity contribution in [2.75, 3.05) is 13.7 Å². The van der Waals surface area contributed by atoms with Crippen molar-refractivity contribution in [2.45, 2.75) is 39.0 Å². The molecule has 0 aromatic heterocycles. The number of aliphatic hydroxyl groups excluding tert-OH is 1. The van der Waals surface area contributed by atoms with Crippen molar-refractivity contribution in [1.82, 2.24) is 4.90 Å². The third-order valence-electron chi connectivity index (χ3n) is 6.71. The largest absolute Gasteiger partial charge is 0.507 e. The van der Waals surface area contributed by atoms with E-state index in [0.29, 0.717) is 35.7 Å². The van der Waals surface area contributed by atoms with Gasteiger partial charge >= 0.3 is 0 Å². The Morgan fingerprint density at radius 2 is 1.84 bits per heavy atom. The molecule has 7 nitrogen and oxygen atoms in total. The van der Waals surface area contributed by atoms with Crippen LogP contribution in [-0.2, 0) is 22.6 Å². The maximum atomic E-state index is 13.4. The van der Waals surface area contributed by atoms with Crippen molar-refractivity contribution in [3.63, 3.8) is 0 Å². The number of amides is 1. The van der Waals surface area contributed by atoms with Crippen LogP contribution in [0, 0.1) is 0 Å². The lowest BCUT2D eigenvalue weighted by Crippen LogP contribution is -2.29. The van der Waals surface area contributed by atoms with Crippen LogP contribution < -0.4 is 14.2 Å². The molecule has 1 fully saturated rings. The van der Waals surface area contributed by atoms with Gasteiger partial charge in [-0.2, -0.15) is 0 Å². The number of ketones is 1. The fourth-order valence-electron chi connectivity index (χ4n) is 5.02. The van der Waals surface area contributed by atoms with Gasteiger partial charge in [0, 0.05) is 18.5 Å². The summed E-state index contributed by atoms with van der Waals surface area (Å²) in [6, 6.07) is 19.3. The number of Topliss-reactive ketones (excluding diaryl/α,β-unsaturated/α-hetero) is 1. The summed E-state index contributed by atoms with van der Waals surface area (Å²) in [5, 5.41) is 11.5. The average Bonchev–Trinajstić information content (AvgIpc) is 3.40. The number of rotatable bonds is 7. The molecule has 0 unspecified atom stereocenters. The Bertz CT molecular complexity index is 1380. The van der Waals surface area contributed by atoms with Gasteiger partial charge in [-0.25, -0.2) is 0 Å². The molecule has 3 aromatic carbocycles. The highest BCUT2D eigenvalue weighted by atomic mass is 16.5. The Balaban J connectivity index is 1.64. The molecule has 2 atom stereocenters. The molecule has 3 aromatic rings. The van der Waals surface area contributed by atoms with Crippen molar-refractivity contribution < 1.29 is 28.9 Å². The van der Waals surface area contributed by atoms with E-state index in [1.165, 1.54) is 12.0 Å². The fraction of sp³-hybridized carbons (Fsp3) is 0.267. The zero-order valence-electron chi connectivity index (χ0n) is 21.1. The van der Waals surface area contributed by atoms with Gasteiger partial charge in [0.2, 0.25) is 0 Å². The van der Waals surface area contributed by atoms with Gasteiger partial charge in [0.1, 0.15) is 17.6 Å². The van der Waals surface area contributed by atoms with E-state index in [1.807, 2.05) is 50.2 Å². The number of hydrogen-bond acceptors (Lipinski definition) is 6. The number of aliphatic hydroxyl groups is 1. The van der Waals surface area contributed by atoms with Gasteiger partial charge in [-0.15, -0.1) is 0 Å². The van der Waals surface area contributed by atoms with E-state index in [0.717, 1.165) is 16.9 Å². The van der Waals surface area contributed by atoms with Crippen molar-refractivity contribution in [1.29, 1.82) is 0 Å². The van der Waals surface area contributed by atoms with Crippen LogP contribution >= 0.6 is 0 Å². The highest BCUT2D eigenvalue weighted by Gasteiger charge is 2.46. The van der Waals surface area contributed by atoms with Gasteiger partial charge in [0.15, 0.2) is 11.5 Å². The lowest BCUT2D eigenvalue weighted by Gasteiger charge is -2.26. The summed E-state index contributed by atoms with van der Waals surface area (Å²) in [4.78, 5) is 28.3. The Hall–Kier alpha value is -4.26. The molecule has 0 aliphatic carbocycles. The molecule has 1 N–H and O–H groups in total. The molecule has 1 saturated heterocycles. The third kappa shape index (κ3) is 4.53. The minimum Gasteiger partial charge on any atom is -0.507 e. The number of nitrogens with zero attached hydrogens (tertiary/aromatic N) is 1. The molecule has 0 spiro atoms. The van der Waals surface area contributed by atoms with Crippen LogP contribution in [0.2, 0.25) is 0 Å². The van der Waals surface area contributed by atoms with Crippen molar-refractivity contribution in [3.8, 4) is 17.2 Å². The first-order valence-corrected chi connectivity index (χ1v) is 12.3. The van der Waals surface area contributed by atoms with Gasteiger partial charge in [0.05, 0.1) is 25.3 Å². The number of methoxy groups -OCH3 is 1. The van der Waals surface area contributed by atoms with E-state index in [9.17, 15) is 14.7 Å². The summed E-state index contributed by atoms with van der Waals surface area (Å²) >= 11 is 0. The predicted molar refractivity (Wildman–Crippen MR) is 139 cm³/mol. The maximum Gasteiger partial charge on any atom is 0.295 e. The van der Waals surface area contributed by atoms with Crippen LogP contribution in [0.15, 0.2) is 72.3 Å². The highest BCUT2D eigenvalue weighted by molar-refractivity contribution is 6.46. The Morgan fingerprint density at radius 3 is 2.57 bits per heavy atom. The first-order valence-electron chi connectivity index (χ1n) is 12.3. The normalized spacial score (nSPS) is 20.0. The monoisotopic (exact) mass is 499 g/mol. The SMILES string of the molecule is CCOc1ccc([C@H]2C(=C(O)c3ccc4c(c3)C[C@H](C)O4)C(=O)C(=O)N2Cc2ccccc2)cc1OC. The molecule has 2 aliphatic rings. The number of hydrogen-bond donors (Lipinski definition) is 1. The standard InChI is InChI=1S/C30H29NO6/c1-4-36-24-13-10-20(16-25(24)35-3)27-26(28(32)21-11-12-23-22(15-21)14-18(2)37-23)29(33)30(34)31(27)17-19-8-6-5-7-9-19/h5-13,15-16,18,27,32H,4,14,17H2,1-3H3/t18-,27-/m0/s1. The minimum absolute atomic E-state index is 0.0408. The fourth-order valence-corrected chi connectivity index (χ4v) is 5.02. The van der Waals surface area contributed by atoms with E-state index in [1.54, 1.807) is 30.3 Å². The lowest BCUT2D eigenvalue weighted by molar-refractivity contribution is -0.140. The highest BCUT2D eigenvalue weighted by Crippen LogP contribution is 2.43. The average molecular weight is 500 g/mol. The first kappa shape index (κ1) is 24.4. The third-order valence-corrected chi connectivity index (χ3v) is 6.71. The number of benzene rings is 3. The second-order valence-corrected chi connectivity index (χ2v) is 9.21. The summed E-state index contributed by atoms with van der Waals surface area (Å²) in [5.41, 5.74) is 2.97. The van der Waals surface area contributed by atoms with Crippen LogP contribution in [0.25, 0.3) is 5.76 Å². The predicted octanol–water partition coefficient (Wildman–Crippen LogP) is 5.04. The number of carbonyl (C=O) groups is 2. The lowest BCUT2D eigenvalue weighted by atomic mass is 9.94. The maximum absolute atomic E-state index is 13.4. The molecule has 1 amide bonds. The summed E-state index contributed by atoms with van der Waals surface area (Å²) in [7, 11) is 1.54. The first-order chi connectivity index (χ1) is 17.9. The molecule has 7 heteroatoms. The smallest absolute Gasteiger partial charge is 0.295 e. The minimum atomic E-state index is -0.812. The summed E-state index contributed by atoms with van der Waals surface area (Å²) < 4.78 is 17.0. The molecule has 190 valence electrons. The van der Waals surface area contributed by atoms with E-state index in [4.69, 9.17) is 14.2 Å². The van der Waals surface area contributed by atoms with Crippen molar-refractivity contribution >= 4 is 17.4 Å². The summed E-state index contributed by atoms with van der Waals surface area (Å²) in [6.45, 7) is 4.53. The quantitative estimate of drug-likeness (QED) is 0.279. The van der Waals surface area contributed by atoms with Gasteiger partial charge in [-0.1, -0.05) is 36.4 Å². The van der Waals surface area contributed by atoms with Crippen LogP contribution in [-0.4, -0.2) is 41.5 Å². The molecule has 2 heterocycles. The zero-order valence-corrected chi connectivity index (χ0v) is 21.1. The summed E-state index contributed by atoms with van der Waals surface area (Å²) in [6.07, 6.45) is 0.748. The number of carbonyl (C=O) groups excluding carboxylic acids is 2. The van der Waals surface area contributed by atoms with Crippen LogP contribution in [0.5, 0.6) is 17.2 Å². The zero-order chi connectivity index (χ0) is 26.1. The molecule has 5 rings (SSSR count). The van der Waals surface area contributed by atoms with Gasteiger partial charge < -0.3 is 24.2 Å². The van der Waals surface area contributed by atoms with Gasteiger partial charge in [0.25, 0.3) is 11.7 Å². The van der Waals surface area contributed by atoms with E-state index in [-0.39, 0.29) is 24.0 Å². The number of ether oxygens (including phenoxy) is 3. The van der Waals surface area contributed by atoms with Crippen LogP contribution in [0.3, 0.4) is 0 Å². The molecule has 2 aliphatic heterocycles. The Kier molecular flexibility index (Phi) is 6.61.